The minimum atomic E-state index is -0.00290. The summed E-state index contributed by atoms with van der Waals surface area (Å²) < 4.78 is 5.41. The summed E-state index contributed by atoms with van der Waals surface area (Å²) in [6.07, 6.45) is 0. The van der Waals surface area contributed by atoms with Gasteiger partial charge in [0.15, 0.2) is 6.61 Å². The fourth-order valence-corrected chi connectivity index (χ4v) is 1.89. The number of nitrogens with zero attached hydrogens (tertiary/aromatic N) is 2. The standard InChI is InChI=1S/C14H20N2O2/c1-10(2)15(3)8-11-5-6-13-12(7-11)16(4)14(17)9-18-13/h5-7,10H,8-9H2,1-4H3. The number of fused-ring (bicyclic) bond motifs is 1. The molecule has 0 aromatic heterocycles. The predicted octanol–water partition coefficient (Wildman–Crippen LogP) is 1.88. The number of hydrogen-bond donors (Lipinski definition) is 0. The van der Waals surface area contributed by atoms with Crippen LogP contribution < -0.4 is 9.64 Å². The van der Waals surface area contributed by atoms with Crippen molar-refractivity contribution in [2.24, 2.45) is 0 Å². The molecule has 1 aliphatic heterocycles. The second kappa shape index (κ2) is 4.98. The number of rotatable bonds is 3. The molecule has 18 heavy (non-hydrogen) atoms. The van der Waals surface area contributed by atoms with E-state index in [1.807, 2.05) is 12.1 Å². The average molecular weight is 248 g/mol. The highest BCUT2D eigenvalue weighted by Crippen LogP contribution is 2.32. The first-order valence-electron chi connectivity index (χ1n) is 6.21. The lowest BCUT2D eigenvalue weighted by molar-refractivity contribution is -0.120. The third-order valence-electron chi connectivity index (χ3n) is 3.42. The van der Waals surface area contributed by atoms with Crippen molar-refractivity contribution in [2.45, 2.75) is 26.4 Å². The molecule has 0 saturated carbocycles. The molecule has 0 N–H and O–H groups in total. The molecule has 1 aromatic carbocycles. The molecule has 0 saturated heterocycles. The maximum atomic E-state index is 11.6. The van der Waals surface area contributed by atoms with Crippen LogP contribution in [0.5, 0.6) is 5.75 Å². The first kappa shape index (κ1) is 12.9. The first-order chi connectivity index (χ1) is 8.49. The van der Waals surface area contributed by atoms with Gasteiger partial charge >= 0.3 is 0 Å². The van der Waals surface area contributed by atoms with Crippen molar-refractivity contribution in [1.82, 2.24) is 4.90 Å². The second-order valence-corrected chi connectivity index (χ2v) is 5.05. The maximum Gasteiger partial charge on any atom is 0.264 e. The van der Waals surface area contributed by atoms with E-state index >= 15 is 0 Å². The van der Waals surface area contributed by atoms with E-state index in [0.29, 0.717) is 6.04 Å². The minimum Gasteiger partial charge on any atom is -0.482 e. The van der Waals surface area contributed by atoms with E-state index in [-0.39, 0.29) is 12.5 Å². The summed E-state index contributed by atoms with van der Waals surface area (Å²) in [6.45, 7) is 5.33. The van der Waals surface area contributed by atoms with Crippen molar-refractivity contribution in [3.05, 3.63) is 23.8 Å². The summed E-state index contributed by atoms with van der Waals surface area (Å²) in [5, 5.41) is 0. The van der Waals surface area contributed by atoms with Gasteiger partial charge in [-0.25, -0.2) is 0 Å². The Kier molecular flexibility index (Phi) is 3.57. The van der Waals surface area contributed by atoms with Crippen molar-refractivity contribution in [1.29, 1.82) is 0 Å². The van der Waals surface area contributed by atoms with Crippen LogP contribution in [-0.2, 0) is 11.3 Å². The molecule has 0 radical (unpaired) electrons. The highest BCUT2D eigenvalue weighted by Gasteiger charge is 2.22. The Morgan fingerprint density at radius 2 is 2.17 bits per heavy atom. The molecule has 1 amide bonds. The van der Waals surface area contributed by atoms with Gasteiger partial charge in [-0.2, -0.15) is 0 Å². The van der Waals surface area contributed by atoms with Crippen LogP contribution in [0.15, 0.2) is 18.2 Å². The van der Waals surface area contributed by atoms with Gasteiger partial charge in [0.25, 0.3) is 5.91 Å². The highest BCUT2D eigenvalue weighted by molar-refractivity contribution is 5.97. The molecule has 1 aliphatic rings. The van der Waals surface area contributed by atoms with Crippen LogP contribution in [0.1, 0.15) is 19.4 Å². The maximum absolute atomic E-state index is 11.6. The zero-order valence-corrected chi connectivity index (χ0v) is 11.4. The number of benzene rings is 1. The summed E-state index contributed by atoms with van der Waals surface area (Å²) >= 11 is 0. The van der Waals surface area contributed by atoms with Gasteiger partial charge < -0.3 is 9.64 Å². The molecule has 0 bridgehead atoms. The Hall–Kier alpha value is -1.55. The zero-order chi connectivity index (χ0) is 13.3. The monoisotopic (exact) mass is 248 g/mol. The molecule has 2 rings (SSSR count). The quantitative estimate of drug-likeness (QED) is 0.819. The van der Waals surface area contributed by atoms with E-state index in [0.717, 1.165) is 18.0 Å². The Morgan fingerprint density at radius 3 is 2.83 bits per heavy atom. The van der Waals surface area contributed by atoms with Crippen LogP contribution in [0, 0.1) is 0 Å². The Labute approximate surface area is 108 Å². The van der Waals surface area contributed by atoms with E-state index in [1.165, 1.54) is 5.56 Å². The summed E-state index contributed by atoms with van der Waals surface area (Å²) in [6, 6.07) is 6.53. The fraction of sp³-hybridized carbons (Fsp3) is 0.500. The lowest BCUT2D eigenvalue weighted by Crippen LogP contribution is -2.35. The van der Waals surface area contributed by atoms with Crippen molar-refractivity contribution < 1.29 is 9.53 Å². The number of carbonyl (C=O) groups excluding carboxylic acids is 1. The van der Waals surface area contributed by atoms with Gasteiger partial charge in [0.2, 0.25) is 0 Å². The summed E-state index contributed by atoms with van der Waals surface area (Å²) in [4.78, 5) is 15.5. The van der Waals surface area contributed by atoms with E-state index in [4.69, 9.17) is 4.74 Å². The zero-order valence-electron chi connectivity index (χ0n) is 11.4. The molecular weight excluding hydrogens is 228 g/mol. The third-order valence-corrected chi connectivity index (χ3v) is 3.42. The van der Waals surface area contributed by atoms with Gasteiger partial charge in [0.1, 0.15) is 5.75 Å². The topological polar surface area (TPSA) is 32.8 Å². The number of anilines is 1. The molecular formula is C14H20N2O2. The van der Waals surface area contributed by atoms with Crippen molar-refractivity contribution in [3.8, 4) is 5.75 Å². The number of hydrogen-bond acceptors (Lipinski definition) is 3. The lowest BCUT2D eigenvalue weighted by atomic mass is 10.1. The van der Waals surface area contributed by atoms with E-state index in [1.54, 1.807) is 11.9 Å². The van der Waals surface area contributed by atoms with Gasteiger partial charge in [-0.1, -0.05) is 6.07 Å². The first-order valence-corrected chi connectivity index (χ1v) is 6.21. The van der Waals surface area contributed by atoms with Gasteiger partial charge in [-0.15, -0.1) is 0 Å². The van der Waals surface area contributed by atoms with Crippen molar-refractivity contribution in [2.75, 3.05) is 25.6 Å². The molecule has 98 valence electrons. The molecule has 0 aliphatic carbocycles. The molecule has 4 nitrogen and oxygen atoms in total. The van der Waals surface area contributed by atoms with Gasteiger partial charge in [0.05, 0.1) is 5.69 Å². The average Bonchev–Trinajstić information content (AvgIpc) is 2.34. The van der Waals surface area contributed by atoms with E-state index < -0.39 is 0 Å². The largest absolute Gasteiger partial charge is 0.482 e. The van der Waals surface area contributed by atoms with Crippen LogP contribution in [0.3, 0.4) is 0 Å². The van der Waals surface area contributed by atoms with Crippen LogP contribution in [0.4, 0.5) is 5.69 Å². The van der Waals surface area contributed by atoms with Gasteiger partial charge in [-0.05, 0) is 38.6 Å². The predicted molar refractivity (Wildman–Crippen MR) is 72.0 cm³/mol. The molecule has 4 heteroatoms. The minimum absolute atomic E-state index is 0.00290. The molecule has 0 atom stereocenters. The van der Waals surface area contributed by atoms with Crippen molar-refractivity contribution >= 4 is 11.6 Å². The Balaban J connectivity index is 2.23. The van der Waals surface area contributed by atoms with Gasteiger partial charge in [-0.3, -0.25) is 9.69 Å². The third kappa shape index (κ3) is 2.48. The van der Waals surface area contributed by atoms with Gasteiger partial charge in [0, 0.05) is 19.6 Å². The van der Waals surface area contributed by atoms with Crippen LogP contribution in [0.25, 0.3) is 0 Å². The fourth-order valence-electron chi connectivity index (χ4n) is 1.89. The smallest absolute Gasteiger partial charge is 0.264 e. The van der Waals surface area contributed by atoms with Crippen LogP contribution in [0.2, 0.25) is 0 Å². The molecule has 1 aromatic rings. The number of ether oxygens (including phenoxy) is 1. The molecule has 0 fully saturated rings. The number of amides is 1. The summed E-state index contributed by atoms with van der Waals surface area (Å²) in [5.74, 6) is 0.782. The molecule has 0 unspecified atom stereocenters. The normalized spacial score (nSPS) is 15.0. The Bertz CT molecular complexity index is 457. The highest BCUT2D eigenvalue weighted by atomic mass is 16.5. The second-order valence-electron chi connectivity index (χ2n) is 5.05. The van der Waals surface area contributed by atoms with E-state index in [9.17, 15) is 4.79 Å². The number of carbonyl (C=O) groups is 1. The molecule has 0 spiro atoms. The van der Waals surface area contributed by atoms with E-state index in [2.05, 4.69) is 31.9 Å². The van der Waals surface area contributed by atoms with Crippen LogP contribution >= 0.6 is 0 Å². The van der Waals surface area contributed by atoms with Crippen molar-refractivity contribution in [3.63, 3.8) is 0 Å². The van der Waals surface area contributed by atoms with Crippen LogP contribution in [-0.4, -0.2) is 37.6 Å². The summed E-state index contributed by atoms with van der Waals surface area (Å²) in [5.41, 5.74) is 2.05. The SMILES string of the molecule is CC(C)N(C)Cc1ccc2c(c1)N(C)C(=O)CO2. The summed E-state index contributed by atoms with van der Waals surface area (Å²) in [7, 11) is 3.88. The number of likely N-dealkylation sites (N-methyl/N-ethyl adjacent to an activating group) is 1. The lowest BCUT2D eigenvalue weighted by Gasteiger charge is -2.27. The molecule has 1 heterocycles. The Morgan fingerprint density at radius 1 is 1.44 bits per heavy atom.